The van der Waals surface area contributed by atoms with Gasteiger partial charge >= 0.3 is 11.9 Å². The maximum absolute atomic E-state index is 12.0. The molecule has 0 aliphatic carbocycles. The van der Waals surface area contributed by atoms with Crippen molar-refractivity contribution in [3.63, 3.8) is 0 Å². The lowest BCUT2D eigenvalue weighted by molar-refractivity contribution is -0.216. The van der Waals surface area contributed by atoms with E-state index < -0.39 is 48.4 Å². The number of rotatable bonds is 3. The van der Waals surface area contributed by atoms with Crippen LogP contribution in [0.15, 0.2) is 12.2 Å². The van der Waals surface area contributed by atoms with Crippen molar-refractivity contribution in [3.05, 3.63) is 12.2 Å². The van der Waals surface area contributed by atoms with Crippen molar-refractivity contribution < 1.29 is 33.3 Å². The Kier molecular flexibility index (Phi) is 3.54. The topological polar surface area (TPSA) is 80.3 Å². The Morgan fingerprint density at radius 1 is 1.23 bits per heavy atom. The predicted octanol–water partition coefficient (Wildman–Crippen LogP) is 0.912. The van der Waals surface area contributed by atoms with E-state index >= 15 is 0 Å². The molecule has 0 aromatic heterocycles. The first-order valence-corrected chi connectivity index (χ1v) is 7.31. The fourth-order valence-corrected chi connectivity index (χ4v) is 2.76. The summed E-state index contributed by atoms with van der Waals surface area (Å²) in [6.45, 7) is 10.8. The minimum Gasteiger partial charge on any atom is -0.454 e. The minimum atomic E-state index is -1.12. The summed E-state index contributed by atoms with van der Waals surface area (Å²) in [6.07, 6.45) is -3.62. The lowest BCUT2D eigenvalue weighted by atomic mass is 10.1. The van der Waals surface area contributed by atoms with Crippen molar-refractivity contribution >= 4 is 11.9 Å². The summed E-state index contributed by atoms with van der Waals surface area (Å²) in [6, 6.07) is 0. The number of fused-ring (bicyclic) bond motifs is 3. The second-order valence-corrected chi connectivity index (χ2v) is 6.48. The van der Waals surface area contributed by atoms with Crippen molar-refractivity contribution in [2.45, 2.75) is 64.2 Å². The highest BCUT2D eigenvalue weighted by molar-refractivity contribution is 5.91. The monoisotopic (exact) mass is 312 g/mol. The fourth-order valence-electron chi connectivity index (χ4n) is 2.76. The molecule has 0 aromatic carbocycles. The molecular weight excluding hydrogens is 292 g/mol. The van der Waals surface area contributed by atoms with Gasteiger partial charge < -0.3 is 23.7 Å². The lowest BCUT2D eigenvalue weighted by Crippen LogP contribution is -2.38. The molecule has 0 aromatic rings. The van der Waals surface area contributed by atoms with Crippen molar-refractivity contribution in [2.24, 2.45) is 5.92 Å². The van der Waals surface area contributed by atoms with Crippen molar-refractivity contribution in [1.29, 1.82) is 0 Å². The molecular formula is C15H20O7. The Balaban J connectivity index is 1.70. The molecule has 0 spiro atoms. The SMILES string of the molecule is C=C(C(=O)OC1C(=O)OC2C3OC(C)(C)OC3OC12)C(C)C. The van der Waals surface area contributed by atoms with Gasteiger partial charge in [-0.05, 0) is 19.8 Å². The summed E-state index contributed by atoms with van der Waals surface area (Å²) in [5.74, 6) is -2.13. The van der Waals surface area contributed by atoms with E-state index in [1.54, 1.807) is 13.8 Å². The second-order valence-electron chi connectivity index (χ2n) is 6.48. The van der Waals surface area contributed by atoms with Gasteiger partial charge in [0.05, 0.1) is 0 Å². The molecule has 22 heavy (non-hydrogen) atoms. The summed E-state index contributed by atoms with van der Waals surface area (Å²) < 4.78 is 27.4. The Labute approximate surface area is 128 Å². The standard InChI is InChI=1S/C15H20O7/c1-6(2)7(3)12(16)19-10-8-9(18-13(10)17)11-14(20-8)22-15(4,5)21-11/h6,8-11,14H,3H2,1-2,4-5H3. The smallest absolute Gasteiger partial charge is 0.350 e. The number of carbonyl (C=O) groups is 2. The molecule has 0 saturated carbocycles. The maximum atomic E-state index is 12.0. The largest absolute Gasteiger partial charge is 0.454 e. The normalized spacial score (nSPS) is 38.6. The predicted molar refractivity (Wildman–Crippen MR) is 72.4 cm³/mol. The van der Waals surface area contributed by atoms with E-state index in [2.05, 4.69) is 6.58 Å². The van der Waals surface area contributed by atoms with Crippen LogP contribution in [0.2, 0.25) is 0 Å². The minimum absolute atomic E-state index is 0.0722. The molecule has 3 saturated heterocycles. The van der Waals surface area contributed by atoms with E-state index in [1.165, 1.54) is 0 Å². The van der Waals surface area contributed by atoms with Gasteiger partial charge in [0.2, 0.25) is 6.10 Å². The van der Waals surface area contributed by atoms with Crippen LogP contribution in [0.1, 0.15) is 27.7 Å². The highest BCUT2D eigenvalue weighted by atomic mass is 16.8. The van der Waals surface area contributed by atoms with E-state index in [-0.39, 0.29) is 5.92 Å². The van der Waals surface area contributed by atoms with Crippen LogP contribution < -0.4 is 0 Å². The lowest BCUT2D eigenvalue weighted by Gasteiger charge is -2.22. The first-order chi connectivity index (χ1) is 10.2. The average molecular weight is 312 g/mol. The quantitative estimate of drug-likeness (QED) is 0.566. The van der Waals surface area contributed by atoms with Crippen LogP contribution in [0.25, 0.3) is 0 Å². The molecule has 122 valence electrons. The van der Waals surface area contributed by atoms with Crippen LogP contribution in [0, 0.1) is 5.92 Å². The van der Waals surface area contributed by atoms with Gasteiger partial charge in [0.25, 0.3) is 0 Å². The van der Waals surface area contributed by atoms with Gasteiger partial charge in [-0.3, -0.25) is 0 Å². The number of hydrogen-bond acceptors (Lipinski definition) is 7. The van der Waals surface area contributed by atoms with E-state index in [0.717, 1.165) is 0 Å². The second kappa shape index (κ2) is 5.04. The molecule has 3 aliphatic rings. The number of hydrogen-bond donors (Lipinski definition) is 0. The zero-order valence-corrected chi connectivity index (χ0v) is 13.0. The summed E-state index contributed by atoms with van der Waals surface area (Å²) in [4.78, 5) is 23.9. The first-order valence-electron chi connectivity index (χ1n) is 7.31. The van der Waals surface area contributed by atoms with Crippen LogP contribution in [0.3, 0.4) is 0 Å². The molecule has 0 radical (unpaired) electrons. The highest BCUT2D eigenvalue weighted by Gasteiger charge is 2.64. The van der Waals surface area contributed by atoms with Crippen LogP contribution >= 0.6 is 0 Å². The maximum Gasteiger partial charge on any atom is 0.350 e. The third-order valence-corrected chi connectivity index (χ3v) is 4.00. The van der Waals surface area contributed by atoms with Crippen LogP contribution in [-0.4, -0.2) is 48.4 Å². The average Bonchev–Trinajstić information content (AvgIpc) is 2.97. The van der Waals surface area contributed by atoms with Gasteiger partial charge in [-0.1, -0.05) is 20.4 Å². The first kappa shape index (κ1) is 15.5. The Morgan fingerprint density at radius 2 is 1.91 bits per heavy atom. The molecule has 5 atom stereocenters. The molecule has 7 heteroatoms. The van der Waals surface area contributed by atoms with Gasteiger partial charge in [0.15, 0.2) is 24.3 Å². The molecule has 7 nitrogen and oxygen atoms in total. The molecule has 5 unspecified atom stereocenters. The van der Waals surface area contributed by atoms with Crippen molar-refractivity contribution in [1.82, 2.24) is 0 Å². The van der Waals surface area contributed by atoms with Gasteiger partial charge in [0, 0.05) is 5.57 Å². The fraction of sp³-hybridized carbons (Fsp3) is 0.733. The van der Waals surface area contributed by atoms with E-state index in [9.17, 15) is 9.59 Å². The third-order valence-electron chi connectivity index (χ3n) is 4.00. The Bertz CT molecular complexity index is 524. The van der Waals surface area contributed by atoms with Crippen LogP contribution in [0.4, 0.5) is 0 Å². The van der Waals surface area contributed by atoms with Gasteiger partial charge in [-0.2, -0.15) is 0 Å². The third kappa shape index (κ3) is 2.43. The van der Waals surface area contributed by atoms with Gasteiger partial charge in [-0.25, -0.2) is 9.59 Å². The molecule has 3 heterocycles. The Hall–Kier alpha value is -1.44. The molecule has 3 aliphatic heterocycles. The molecule has 0 amide bonds. The zero-order valence-electron chi connectivity index (χ0n) is 13.0. The molecule has 3 fully saturated rings. The number of esters is 2. The van der Waals surface area contributed by atoms with Crippen molar-refractivity contribution in [2.75, 3.05) is 0 Å². The molecule has 0 bridgehead atoms. The van der Waals surface area contributed by atoms with Crippen LogP contribution in [0.5, 0.6) is 0 Å². The highest BCUT2D eigenvalue weighted by Crippen LogP contribution is 2.43. The van der Waals surface area contributed by atoms with E-state index in [1.807, 2.05) is 13.8 Å². The zero-order chi connectivity index (χ0) is 16.2. The summed E-state index contributed by atoms with van der Waals surface area (Å²) in [5.41, 5.74) is 0.295. The summed E-state index contributed by atoms with van der Waals surface area (Å²) in [5, 5.41) is 0. The van der Waals surface area contributed by atoms with Gasteiger partial charge in [0.1, 0.15) is 6.10 Å². The summed E-state index contributed by atoms with van der Waals surface area (Å²) in [7, 11) is 0. The molecule has 0 N–H and O–H groups in total. The van der Waals surface area contributed by atoms with Gasteiger partial charge in [-0.15, -0.1) is 0 Å². The van der Waals surface area contributed by atoms with Crippen LogP contribution in [-0.2, 0) is 33.3 Å². The summed E-state index contributed by atoms with van der Waals surface area (Å²) >= 11 is 0. The number of carbonyl (C=O) groups excluding carboxylic acids is 2. The van der Waals surface area contributed by atoms with E-state index in [0.29, 0.717) is 5.57 Å². The molecule has 3 rings (SSSR count). The van der Waals surface area contributed by atoms with E-state index in [4.69, 9.17) is 23.7 Å². The van der Waals surface area contributed by atoms with Crippen molar-refractivity contribution in [3.8, 4) is 0 Å². The Morgan fingerprint density at radius 3 is 2.55 bits per heavy atom. The number of ether oxygens (including phenoxy) is 5.